The van der Waals surface area contributed by atoms with Crippen LogP contribution < -0.4 is 10.6 Å². The van der Waals surface area contributed by atoms with Crippen LogP contribution in [0.1, 0.15) is 25.7 Å². The highest BCUT2D eigenvalue weighted by Gasteiger charge is 2.35. The molecule has 3 nitrogen and oxygen atoms in total. The molecule has 0 bridgehead atoms. The minimum absolute atomic E-state index is 0.466. The Morgan fingerprint density at radius 1 is 1.17 bits per heavy atom. The van der Waals surface area contributed by atoms with Crippen molar-refractivity contribution in [2.24, 2.45) is 16.6 Å². The Bertz CT molecular complexity index is 449. The highest BCUT2D eigenvalue weighted by Crippen LogP contribution is 2.34. The third kappa shape index (κ3) is 2.14. The molecular formula is C14H18BrN3. The Labute approximate surface area is 116 Å². The summed E-state index contributed by atoms with van der Waals surface area (Å²) in [6, 6.07) is 8.81. The highest BCUT2D eigenvalue weighted by molar-refractivity contribution is 9.10. The summed E-state index contributed by atoms with van der Waals surface area (Å²) >= 11 is 3.47. The molecule has 0 saturated heterocycles. The number of nitrogens with zero attached hydrogens (tertiary/aromatic N) is 2. The van der Waals surface area contributed by atoms with Gasteiger partial charge in [0.25, 0.3) is 0 Å². The van der Waals surface area contributed by atoms with Gasteiger partial charge in [0.05, 0.1) is 12.6 Å². The molecule has 18 heavy (non-hydrogen) atoms. The zero-order valence-electron chi connectivity index (χ0n) is 10.3. The average Bonchev–Trinajstić information content (AvgIpc) is 2.99. The maximum atomic E-state index is 6.07. The largest absolute Gasteiger partial charge is 0.370 e. The van der Waals surface area contributed by atoms with Crippen LogP contribution in [-0.4, -0.2) is 18.5 Å². The molecule has 0 aromatic heterocycles. The minimum atomic E-state index is 0.466. The molecule has 1 heterocycles. The average molecular weight is 308 g/mol. The van der Waals surface area contributed by atoms with Crippen LogP contribution in [0.2, 0.25) is 0 Å². The Kier molecular flexibility index (Phi) is 3.29. The van der Waals surface area contributed by atoms with Crippen LogP contribution in [0.4, 0.5) is 5.69 Å². The number of aliphatic imine (C=N–C) groups is 1. The normalized spacial score (nSPS) is 24.6. The maximum absolute atomic E-state index is 6.07. The number of anilines is 1. The second-order valence-corrected chi connectivity index (χ2v) is 6.07. The van der Waals surface area contributed by atoms with Crippen LogP contribution in [-0.2, 0) is 0 Å². The summed E-state index contributed by atoms with van der Waals surface area (Å²) in [5, 5.41) is 0. The Morgan fingerprint density at radius 2 is 1.83 bits per heavy atom. The van der Waals surface area contributed by atoms with Crippen molar-refractivity contribution < 1.29 is 0 Å². The number of halogens is 1. The van der Waals surface area contributed by atoms with Crippen LogP contribution in [0.5, 0.6) is 0 Å². The van der Waals surface area contributed by atoms with Crippen LogP contribution >= 0.6 is 15.9 Å². The smallest absolute Gasteiger partial charge is 0.196 e. The van der Waals surface area contributed by atoms with E-state index in [1.54, 1.807) is 0 Å². The Morgan fingerprint density at radius 3 is 2.50 bits per heavy atom. The van der Waals surface area contributed by atoms with E-state index in [-0.39, 0.29) is 0 Å². The molecule has 1 unspecified atom stereocenters. The summed E-state index contributed by atoms with van der Waals surface area (Å²) < 4.78 is 1.10. The van der Waals surface area contributed by atoms with E-state index in [1.807, 2.05) is 0 Å². The number of guanidine groups is 1. The van der Waals surface area contributed by atoms with Gasteiger partial charge in [-0.15, -0.1) is 0 Å². The van der Waals surface area contributed by atoms with Crippen molar-refractivity contribution in [3.63, 3.8) is 0 Å². The van der Waals surface area contributed by atoms with Crippen molar-refractivity contribution in [1.29, 1.82) is 0 Å². The van der Waals surface area contributed by atoms with E-state index in [4.69, 9.17) is 5.73 Å². The molecular weight excluding hydrogens is 290 g/mol. The number of benzene rings is 1. The zero-order valence-corrected chi connectivity index (χ0v) is 11.9. The molecule has 2 N–H and O–H groups in total. The predicted molar refractivity (Wildman–Crippen MR) is 78.9 cm³/mol. The van der Waals surface area contributed by atoms with Gasteiger partial charge in [-0.3, -0.25) is 4.99 Å². The molecule has 1 saturated carbocycles. The lowest BCUT2D eigenvalue weighted by Gasteiger charge is -2.30. The van der Waals surface area contributed by atoms with E-state index < -0.39 is 0 Å². The highest BCUT2D eigenvalue weighted by atomic mass is 79.9. The molecule has 1 aliphatic carbocycles. The standard InChI is InChI=1S/C14H18BrN3/c15-11-5-7-12(8-6-11)18-13(9-17-14(18)16)10-3-1-2-4-10/h5-8,10,13H,1-4,9H2,(H2,16,17). The quantitative estimate of drug-likeness (QED) is 0.912. The minimum Gasteiger partial charge on any atom is -0.370 e. The molecule has 1 aromatic rings. The molecule has 3 rings (SSSR count). The van der Waals surface area contributed by atoms with Crippen LogP contribution in [0.25, 0.3) is 0 Å². The monoisotopic (exact) mass is 307 g/mol. The van der Waals surface area contributed by atoms with Gasteiger partial charge < -0.3 is 10.6 Å². The first-order valence-corrected chi connectivity index (χ1v) is 7.40. The van der Waals surface area contributed by atoms with Gasteiger partial charge in [0.15, 0.2) is 5.96 Å². The van der Waals surface area contributed by atoms with Crippen LogP contribution in [0, 0.1) is 5.92 Å². The second-order valence-electron chi connectivity index (χ2n) is 5.16. The van der Waals surface area contributed by atoms with Gasteiger partial charge in [0.1, 0.15) is 0 Å². The second kappa shape index (κ2) is 4.92. The van der Waals surface area contributed by atoms with Crippen molar-refractivity contribution in [3.8, 4) is 0 Å². The first kappa shape index (κ1) is 12.0. The molecule has 0 amide bonds. The molecule has 96 valence electrons. The fraction of sp³-hybridized carbons (Fsp3) is 0.500. The van der Waals surface area contributed by atoms with Crippen molar-refractivity contribution in [1.82, 2.24) is 0 Å². The van der Waals surface area contributed by atoms with E-state index in [2.05, 4.69) is 50.1 Å². The molecule has 1 aliphatic heterocycles. The lowest BCUT2D eigenvalue weighted by atomic mass is 9.97. The van der Waals surface area contributed by atoms with Crippen molar-refractivity contribution in [2.45, 2.75) is 31.7 Å². The van der Waals surface area contributed by atoms with Gasteiger partial charge in [-0.05, 0) is 43.0 Å². The summed E-state index contributed by atoms with van der Waals surface area (Å²) in [5.41, 5.74) is 7.23. The van der Waals surface area contributed by atoms with Gasteiger partial charge in [-0.25, -0.2) is 0 Å². The molecule has 1 atom stereocenters. The van der Waals surface area contributed by atoms with Crippen molar-refractivity contribution >= 4 is 27.6 Å². The fourth-order valence-corrected chi connectivity index (χ4v) is 3.41. The summed E-state index contributed by atoms with van der Waals surface area (Å²) in [7, 11) is 0. The van der Waals surface area contributed by atoms with Crippen molar-refractivity contribution in [3.05, 3.63) is 28.7 Å². The van der Waals surface area contributed by atoms with E-state index >= 15 is 0 Å². The van der Waals surface area contributed by atoms with E-state index in [9.17, 15) is 0 Å². The molecule has 1 aromatic carbocycles. The van der Waals surface area contributed by atoms with Gasteiger partial charge >= 0.3 is 0 Å². The van der Waals surface area contributed by atoms with E-state index in [0.29, 0.717) is 12.0 Å². The molecule has 2 aliphatic rings. The summed E-state index contributed by atoms with van der Waals surface area (Å²) in [6.45, 7) is 0.854. The Balaban J connectivity index is 1.86. The number of hydrogen-bond acceptors (Lipinski definition) is 3. The number of nitrogens with two attached hydrogens (primary N) is 1. The number of hydrogen-bond donors (Lipinski definition) is 1. The van der Waals surface area contributed by atoms with Crippen LogP contribution in [0.15, 0.2) is 33.7 Å². The van der Waals surface area contributed by atoms with Gasteiger partial charge in [-0.2, -0.15) is 0 Å². The molecule has 0 spiro atoms. The number of rotatable bonds is 2. The topological polar surface area (TPSA) is 41.6 Å². The lowest BCUT2D eigenvalue weighted by molar-refractivity contribution is 0.450. The third-order valence-corrected chi connectivity index (χ3v) is 4.60. The van der Waals surface area contributed by atoms with E-state index in [1.165, 1.54) is 25.7 Å². The van der Waals surface area contributed by atoms with Crippen molar-refractivity contribution in [2.75, 3.05) is 11.4 Å². The SMILES string of the molecule is NC1=NCC(C2CCCC2)N1c1ccc(Br)cc1. The molecule has 1 fully saturated rings. The van der Waals surface area contributed by atoms with Gasteiger partial charge in [0.2, 0.25) is 0 Å². The first-order chi connectivity index (χ1) is 8.75. The third-order valence-electron chi connectivity index (χ3n) is 4.07. The molecule has 0 radical (unpaired) electrons. The summed E-state index contributed by atoms with van der Waals surface area (Å²) in [4.78, 5) is 6.68. The fourth-order valence-electron chi connectivity index (χ4n) is 3.14. The first-order valence-electron chi connectivity index (χ1n) is 6.60. The van der Waals surface area contributed by atoms with Gasteiger partial charge in [0, 0.05) is 10.2 Å². The zero-order chi connectivity index (χ0) is 12.5. The Hall–Kier alpha value is -1.03. The van der Waals surface area contributed by atoms with Gasteiger partial charge in [-0.1, -0.05) is 28.8 Å². The summed E-state index contributed by atoms with van der Waals surface area (Å²) in [5.74, 6) is 1.42. The predicted octanol–water partition coefficient (Wildman–Crippen LogP) is 3.14. The van der Waals surface area contributed by atoms with E-state index in [0.717, 1.165) is 22.6 Å². The van der Waals surface area contributed by atoms with Crippen LogP contribution in [0.3, 0.4) is 0 Å². The summed E-state index contributed by atoms with van der Waals surface area (Å²) in [6.07, 6.45) is 5.35. The molecule has 4 heteroatoms. The maximum Gasteiger partial charge on any atom is 0.196 e. The lowest BCUT2D eigenvalue weighted by Crippen LogP contribution is -2.44.